The summed E-state index contributed by atoms with van der Waals surface area (Å²) in [6.45, 7) is 0.624. The Kier molecular flexibility index (Phi) is 6.26. The SMILES string of the molecule is O=C(/C=C/c1ccccc1)NC(=S)NCCc1ccccn1. The molecular weight excluding hydrogens is 294 g/mol. The molecule has 1 amide bonds. The number of carbonyl (C=O) groups is 1. The maximum Gasteiger partial charge on any atom is 0.250 e. The average molecular weight is 311 g/mol. The van der Waals surface area contributed by atoms with Crippen molar-refractivity contribution >= 4 is 29.3 Å². The van der Waals surface area contributed by atoms with Gasteiger partial charge in [0.15, 0.2) is 5.11 Å². The van der Waals surface area contributed by atoms with Crippen LogP contribution in [0.25, 0.3) is 6.08 Å². The van der Waals surface area contributed by atoms with Crippen LogP contribution in [0.2, 0.25) is 0 Å². The van der Waals surface area contributed by atoms with Crippen molar-refractivity contribution in [2.75, 3.05) is 6.54 Å². The van der Waals surface area contributed by atoms with Crippen molar-refractivity contribution in [3.63, 3.8) is 0 Å². The number of hydrogen-bond acceptors (Lipinski definition) is 3. The number of hydrogen-bond donors (Lipinski definition) is 2. The minimum atomic E-state index is -0.251. The number of thiocarbonyl (C=S) groups is 1. The van der Waals surface area contributed by atoms with Crippen LogP contribution in [0.1, 0.15) is 11.3 Å². The van der Waals surface area contributed by atoms with Gasteiger partial charge in [0, 0.05) is 30.9 Å². The van der Waals surface area contributed by atoms with E-state index < -0.39 is 0 Å². The highest BCUT2D eigenvalue weighted by Gasteiger charge is 2.00. The van der Waals surface area contributed by atoms with Gasteiger partial charge in [-0.3, -0.25) is 15.1 Å². The van der Waals surface area contributed by atoms with Crippen LogP contribution in [-0.2, 0) is 11.2 Å². The number of nitrogens with zero attached hydrogens (tertiary/aromatic N) is 1. The Balaban J connectivity index is 1.70. The molecule has 2 N–H and O–H groups in total. The summed E-state index contributed by atoms with van der Waals surface area (Å²) in [6, 6.07) is 15.4. The lowest BCUT2D eigenvalue weighted by atomic mass is 10.2. The molecule has 2 rings (SSSR count). The number of carbonyl (C=O) groups excluding carboxylic acids is 1. The van der Waals surface area contributed by atoms with E-state index >= 15 is 0 Å². The Morgan fingerprint density at radius 2 is 1.91 bits per heavy atom. The summed E-state index contributed by atoms with van der Waals surface area (Å²) in [5.74, 6) is -0.251. The van der Waals surface area contributed by atoms with Gasteiger partial charge in [-0.25, -0.2) is 0 Å². The molecule has 22 heavy (non-hydrogen) atoms. The molecule has 0 fully saturated rings. The summed E-state index contributed by atoms with van der Waals surface area (Å²) in [6.07, 6.45) is 5.70. The number of rotatable bonds is 5. The Bertz CT molecular complexity index is 641. The zero-order chi connectivity index (χ0) is 15.6. The number of pyridine rings is 1. The molecule has 5 heteroatoms. The van der Waals surface area contributed by atoms with Crippen LogP contribution in [0.3, 0.4) is 0 Å². The van der Waals surface area contributed by atoms with Gasteiger partial charge in [0.2, 0.25) is 5.91 Å². The number of aromatic nitrogens is 1. The fraction of sp³-hybridized carbons (Fsp3) is 0.118. The summed E-state index contributed by atoms with van der Waals surface area (Å²) in [5.41, 5.74) is 1.94. The summed E-state index contributed by atoms with van der Waals surface area (Å²) in [7, 11) is 0. The molecule has 0 aliphatic carbocycles. The number of benzene rings is 1. The van der Waals surface area contributed by atoms with E-state index in [2.05, 4.69) is 15.6 Å². The van der Waals surface area contributed by atoms with Gasteiger partial charge in [0.25, 0.3) is 0 Å². The molecule has 112 valence electrons. The fourth-order valence-corrected chi connectivity index (χ4v) is 1.99. The van der Waals surface area contributed by atoms with Gasteiger partial charge >= 0.3 is 0 Å². The van der Waals surface area contributed by atoms with E-state index in [9.17, 15) is 4.79 Å². The van der Waals surface area contributed by atoms with E-state index in [1.165, 1.54) is 6.08 Å². The molecule has 0 radical (unpaired) electrons. The molecule has 0 atom stereocenters. The standard InChI is InChI=1S/C17H17N3OS/c21-16(10-9-14-6-2-1-3-7-14)20-17(22)19-13-11-15-8-4-5-12-18-15/h1-10,12H,11,13H2,(H2,19,20,21,22)/b10-9+. The van der Waals surface area contributed by atoms with Crippen LogP contribution in [0.15, 0.2) is 60.8 Å². The lowest BCUT2D eigenvalue weighted by Gasteiger charge is -2.07. The zero-order valence-corrected chi connectivity index (χ0v) is 12.8. The van der Waals surface area contributed by atoms with Gasteiger partial charge in [-0.1, -0.05) is 36.4 Å². The van der Waals surface area contributed by atoms with E-state index in [0.29, 0.717) is 11.7 Å². The first-order chi connectivity index (χ1) is 10.7. The van der Waals surface area contributed by atoms with Crippen molar-refractivity contribution in [2.24, 2.45) is 0 Å². The lowest BCUT2D eigenvalue weighted by molar-refractivity contribution is -0.115. The monoisotopic (exact) mass is 311 g/mol. The van der Waals surface area contributed by atoms with Gasteiger partial charge in [0.1, 0.15) is 0 Å². The summed E-state index contributed by atoms with van der Waals surface area (Å²) in [4.78, 5) is 15.9. The molecule has 4 nitrogen and oxygen atoms in total. The van der Waals surface area contributed by atoms with Crippen molar-refractivity contribution in [2.45, 2.75) is 6.42 Å². The predicted molar refractivity (Wildman–Crippen MR) is 92.2 cm³/mol. The molecule has 1 aromatic carbocycles. The fourth-order valence-electron chi connectivity index (χ4n) is 1.78. The first-order valence-electron chi connectivity index (χ1n) is 6.96. The van der Waals surface area contributed by atoms with Gasteiger partial charge < -0.3 is 5.32 Å². The highest BCUT2D eigenvalue weighted by Crippen LogP contribution is 2.00. The van der Waals surface area contributed by atoms with Gasteiger partial charge in [-0.2, -0.15) is 0 Å². The van der Waals surface area contributed by atoms with E-state index in [0.717, 1.165) is 17.7 Å². The second kappa shape index (κ2) is 8.69. The van der Waals surface area contributed by atoms with Crippen molar-refractivity contribution in [3.8, 4) is 0 Å². The molecule has 0 aliphatic heterocycles. The van der Waals surface area contributed by atoms with Crippen molar-refractivity contribution < 1.29 is 4.79 Å². The van der Waals surface area contributed by atoms with E-state index in [4.69, 9.17) is 12.2 Å². The smallest absolute Gasteiger partial charge is 0.250 e. The molecule has 0 saturated heterocycles. The molecular formula is C17H17N3OS. The third kappa shape index (κ3) is 5.85. The van der Waals surface area contributed by atoms with Gasteiger partial charge in [-0.05, 0) is 36.0 Å². The Morgan fingerprint density at radius 3 is 2.64 bits per heavy atom. The van der Waals surface area contributed by atoms with Gasteiger partial charge in [-0.15, -0.1) is 0 Å². The minimum Gasteiger partial charge on any atom is -0.362 e. The van der Waals surface area contributed by atoms with Crippen molar-refractivity contribution in [1.82, 2.24) is 15.6 Å². The quantitative estimate of drug-likeness (QED) is 0.657. The second-order valence-corrected chi connectivity index (χ2v) is 4.97. The molecule has 0 unspecified atom stereocenters. The largest absolute Gasteiger partial charge is 0.362 e. The predicted octanol–water partition coefficient (Wildman–Crippen LogP) is 2.33. The Hall–Kier alpha value is -2.53. The maximum absolute atomic E-state index is 11.7. The first-order valence-corrected chi connectivity index (χ1v) is 7.37. The maximum atomic E-state index is 11.7. The highest BCUT2D eigenvalue weighted by molar-refractivity contribution is 7.80. The van der Waals surface area contributed by atoms with Gasteiger partial charge in [0.05, 0.1) is 0 Å². The van der Waals surface area contributed by atoms with Crippen LogP contribution in [0.4, 0.5) is 0 Å². The third-order valence-corrected chi connectivity index (χ3v) is 3.10. The number of amides is 1. The topological polar surface area (TPSA) is 54.0 Å². The highest BCUT2D eigenvalue weighted by atomic mass is 32.1. The van der Waals surface area contributed by atoms with E-state index in [1.807, 2.05) is 48.5 Å². The van der Waals surface area contributed by atoms with Crippen LogP contribution < -0.4 is 10.6 Å². The van der Waals surface area contributed by atoms with E-state index in [-0.39, 0.29) is 5.91 Å². The Morgan fingerprint density at radius 1 is 1.14 bits per heavy atom. The molecule has 0 bridgehead atoms. The Labute approximate surface area is 135 Å². The summed E-state index contributed by atoms with van der Waals surface area (Å²) in [5, 5.41) is 5.91. The molecule has 1 heterocycles. The van der Waals surface area contributed by atoms with Crippen molar-refractivity contribution in [1.29, 1.82) is 0 Å². The van der Waals surface area contributed by atoms with Crippen LogP contribution in [-0.4, -0.2) is 22.5 Å². The summed E-state index contributed by atoms with van der Waals surface area (Å²) >= 11 is 5.08. The third-order valence-electron chi connectivity index (χ3n) is 2.86. The molecule has 2 aromatic rings. The number of nitrogens with one attached hydrogen (secondary N) is 2. The normalized spacial score (nSPS) is 10.4. The average Bonchev–Trinajstić information content (AvgIpc) is 2.55. The zero-order valence-electron chi connectivity index (χ0n) is 12.0. The first kappa shape index (κ1) is 15.9. The molecule has 0 saturated carbocycles. The molecule has 1 aromatic heterocycles. The van der Waals surface area contributed by atoms with Crippen LogP contribution >= 0.6 is 12.2 Å². The molecule has 0 spiro atoms. The van der Waals surface area contributed by atoms with E-state index in [1.54, 1.807) is 12.3 Å². The summed E-state index contributed by atoms with van der Waals surface area (Å²) < 4.78 is 0. The van der Waals surface area contributed by atoms with Crippen LogP contribution in [0, 0.1) is 0 Å². The van der Waals surface area contributed by atoms with Crippen LogP contribution in [0.5, 0.6) is 0 Å². The second-order valence-electron chi connectivity index (χ2n) is 4.56. The minimum absolute atomic E-state index is 0.251. The lowest BCUT2D eigenvalue weighted by Crippen LogP contribution is -2.39. The molecule has 0 aliphatic rings. The van der Waals surface area contributed by atoms with Crippen molar-refractivity contribution in [3.05, 3.63) is 72.1 Å².